The van der Waals surface area contributed by atoms with E-state index in [4.69, 9.17) is 9.47 Å². The molecule has 2 aliphatic rings. The molecule has 2 fully saturated rings. The van der Waals surface area contributed by atoms with E-state index in [0.717, 1.165) is 17.7 Å². The number of nitrogens with zero attached hydrogens (tertiary/aromatic N) is 1. The number of carbonyl (C=O) groups excluding carboxylic acids is 2. The zero-order chi connectivity index (χ0) is 22.7. The average molecular weight is 449 g/mol. The van der Waals surface area contributed by atoms with Crippen LogP contribution in [0.25, 0.3) is 0 Å². The first kappa shape index (κ1) is 22.1. The van der Waals surface area contributed by atoms with Crippen LogP contribution < -0.4 is 4.74 Å². The first-order valence-electron chi connectivity index (χ1n) is 10.3. The van der Waals surface area contributed by atoms with Gasteiger partial charge in [0, 0.05) is 11.5 Å². The smallest absolute Gasteiger partial charge is 0.445 e. The molecule has 2 bridgehead atoms. The summed E-state index contributed by atoms with van der Waals surface area (Å²) in [5.41, 5.74) is 1.19. The van der Waals surface area contributed by atoms with Crippen LogP contribution in [0.4, 0.5) is 18.0 Å². The average Bonchev–Trinajstić information content (AvgIpc) is 2.76. The van der Waals surface area contributed by atoms with E-state index < -0.39 is 12.5 Å². The highest BCUT2D eigenvalue weighted by Gasteiger charge is 2.44. The molecule has 6 nitrogen and oxygen atoms in total. The van der Waals surface area contributed by atoms with Gasteiger partial charge in [0.05, 0.1) is 25.3 Å². The number of carbonyl (C=O) groups is 2. The lowest BCUT2D eigenvalue weighted by molar-refractivity contribution is -0.274. The predicted molar refractivity (Wildman–Crippen MR) is 107 cm³/mol. The quantitative estimate of drug-likeness (QED) is 0.625. The molecule has 9 heteroatoms. The molecule has 2 aliphatic heterocycles. The third-order valence-corrected chi connectivity index (χ3v) is 5.68. The number of benzene rings is 2. The standard InChI is InChI=1S/C23H22F3NO5/c24-23(25,26)32-20-8-6-16(7-9-20)21(28)17-10-18-13-30-14-19(11-17)27(18)22(29)31-12-15-4-2-1-3-5-15/h1-9,17-19H,10-14H2. The third kappa shape index (κ3) is 5.21. The summed E-state index contributed by atoms with van der Waals surface area (Å²) in [7, 11) is 0. The van der Waals surface area contributed by atoms with Crippen LogP contribution in [0, 0.1) is 5.92 Å². The van der Waals surface area contributed by atoms with Crippen molar-refractivity contribution in [3.63, 3.8) is 0 Å². The Bertz CT molecular complexity index is 934. The zero-order valence-corrected chi connectivity index (χ0v) is 17.1. The molecule has 1 amide bonds. The molecule has 2 heterocycles. The number of rotatable bonds is 5. The lowest BCUT2D eigenvalue weighted by atomic mass is 9.81. The minimum Gasteiger partial charge on any atom is -0.445 e. The number of ether oxygens (including phenoxy) is 3. The van der Waals surface area contributed by atoms with Crippen molar-refractivity contribution in [1.29, 1.82) is 0 Å². The molecule has 32 heavy (non-hydrogen) atoms. The van der Waals surface area contributed by atoms with Gasteiger partial charge in [-0.2, -0.15) is 0 Å². The summed E-state index contributed by atoms with van der Waals surface area (Å²) in [5, 5.41) is 0. The van der Waals surface area contributed by atoms with Gasteiger partial charge >= 0.3 is 12.5 Å². The van der Waals surface area contributed by atoms with E-state index in [2.05, 4.69) is 4.74 Å². The normalized spacial score (nSPS) is 22.8. The Morgan fingerprint density at radius 2 is 1.59 bits per heavy atom. The van der Waals surface area contributed by atoms with E-state index >= 15 is 0 Å². The summed E-state index contributed by atoms with van der Waals surface area (Å²) < 4.78 is 51.9. The SMILES string of the molecule is O=C(c1ccc(OC(F)(F)F)cc1)C1CC2COCC(C1)N2C(=O)OCc1ccccc1. The fourth-order valence-corrected chi connectivity index (χ4v) is 4.28. The molecule has 170 valence electrons. The zero-order valence-electron chi connectivity index (χ0n) is 17.1. The Labute approximate surface area is 182 Å². The Balaban J connectivity index is 1.39. The number of Topliss-reactive ketones (excluding diaryl/α,β-unsaturated/α-hetero) is 1. The van der Waals surface area contributed by atoms with Crippen LogP contribution in [0.2, 0.25) is 0 Å². The molecule has 0 aromatic heterocycles. The largest absolute Gasteiger partial charge is 0.573 e. The van der Waals surface area contributed by atoms with Crippen molar-refractivity contribution >= 4 is 11.9 Å². The van der Waals surface area contributed by atoms with E-state index in [1.54, 1.807) is 4.90 Å². The van der Waals surface area contributed by atoms with Crippen LogP contribution in [-0.2, 0) is 16.1 Å². The summed E-state index contributed by atoms with van der Waals surface area (Å²) in [6, 6.07) is 13.7. The number of halogens is 3. The van der Waals surface area contributed by atoms with Gasteiger partial charge < -0.3 is 14.2 Å². The Kier molecular flexibility index (Phi) is 6.36. The van der Waals surface area contributed by atoms with Gasteiger partial charge in [-0.15, -0.1) is 13.2 Å². The second kappa shape index (κ2) is 9.20. The molecule has 0 aliphatic carbocycles. The third-order valence-electron chi connectivity index (χ3n) is 5.68. The molecule has 2 aromatic rings. The lowest BCUT2D eigenvalue weighted by Crippen LogP contribution is -2.59. The lowest BCUT2D eigenvalue weighted by Gasteiger charge is -2.47. The van der Waals surface area contributed by atoms with Crippen molar-refractivity contribution in [3.05, 3.63) is 65.7 Å². The van der Waals surface area contributed by atoms with E-state index in [0.29, 0.717) is 31.6 Å². The van der Waals surface area contributed by atoms with Gasteiger partial charge in [0.15, 0.2) is 5.78 Å². The topological polar surface area (TPSA) is 65.1 Å². The van der Waals surface area contributed by atoms with Gasteiger partial charge in [0.2, 0.25) is 0 Å². The van der Waals surface area contributed by atoms with Crippen molar-refractivity contribution in [2.45, 2.75) is 37.9 Å². The molecule has 2 aromatic carbocycles. The summed E-state index contributed by atoms with van der Waals surface area (Å²) in [6.07, 6.45) is -4.43. The molecule has 0 spiro atoms. The van der Waals surface area contributed by atoms with Crippen LogP contribution in [0.1, 0.15) is 28.8 Å². The minimum atomic E-state index is -4.79. The number of fused-ring (bicyclic) bond motifs is 2. The van der Waals surface area contributed by atoms with Crippen LogP contribution in [-0.4, -0.2) is 48.4 Å². The van der Waals surface area contributed by atoms with Gasteiger partial charge in [-0.25, -0.2) is 4.79 Å². The monoisotopic (exact) mass is 449 g/mol. The summed E-state index contributed by atoms with van der Waals surface area (Å²) in [4.78, 5) is 27.4. The van der Waals surface area contributed by atoms with Crippen LogP contribution in [0.5, 0.6) is 5.75 Å². The van der Waals surface area contributed by atoms with Crippen molar-refractivity contribution in [2.24, 2.45) is 5.92 Å². The number of hydrogen-bond donors (Lipinski definition) is 0. The van der Waals surface area contributed by atoms with Crippen molar-refractivity contribution in [1.82, 2.24) is 4.90 Å². The highest BCUT2D eigenvalue weighted by molar-refractivity contribution is 5.98. The van der Waals surface area contributed by atoms with Gasteiger partial charge in [0.1, 0.15) is 12.4 Å². The Morgan fingerprint density at radius 3 is 2.19 bits per heavy atom. The molecule has 0 radical (unpaired) electrons. The fraction of sp³-hybridized carbons (Fsp3) is 0.391. The van der Waals surface area contributed by atoms with Gasteiger partial charge in [-0.05, 0) is 42.7 Å². The minimum absolute atomic E-state index is 0.158. The maximum absolute atomic E-state index is 13.0. The molecular formula is C23H22F3NO5. The van der Waals surface area contributed by atoms with Crippen LogP contribution in [0.15, 0.2) is 54.6 Å². The summed E-state index contributed by atoms with van der Waals surface area (Å²) >= 11 is 0. The van der Waals surface area contributed by atoms with Crippen molar-refractivity contribution in [3.8, 4) is 5.75 Å². The molecule has 4 rings (SSSR count). The second-order valence-corrected chi connectivity index (χ2v) is 7.90. The van der Waals surface area contributed by atoms with Crippen molar-refractivity contribution in [2.75, 3.05) is 13.2 Å². The number of morpholine rings is 1. The van der Waals surface area contributed by atoms with E-state index in [1.165, 1.54) is 12.1 Å². The first-order chi connectivity index (χ1) is 15.3. The number of ketones is 1. The van der Waals surface area contributed by atoms with E-state index in [9.17, 15) is 22.8 Å². The number of piperidine rings is 1. The van der Waals surface area contributed by atoms with Gasteiger partial charge in [-0.1, -0.05) is 30.3 Å². The molecule has 0 saturated carbocycles. The Morgan fingerprint density at radius 1 is 0.969 bits per heavy atom. The fourth-order valence-electron chi connectivity index (χ4n) is 4.28. The number of hydrogen-bond acceptors (Lipinski definition) is 5. The highest BCUT2D eigenvalue weighted by Crippen LogP contribution is 2.34. The number of alkyl halides is 3. The Hall–Kier alpha value is -3.07. The molecule has 2 atom stereocenters. The summed E-state index contributed by atoms with van der Waals surface area (Å²) in [5.74, 6) is -0.908. The van der Waals surface area contributed by atoms with Crippen LogP contribution in [0.3, 0.4) is 0 Å². The summed E-state index contributed by atoms with van der Waals surface area (Å²) in [6.45, 7) is 0.767. The second-order valence-electron chi connectivity index (χ2n) is 7.90. The first-order valence-corrected chi connectivity index (χ1v) is 10.3. The van der Waals surface area contributed by atoms with Gasteiger partial charge in [0.25, 0.3) is 0 Å². The predicted octanol–water partition coefficient (Wildman–Crippen LogP) is 4.58. The van der Waals surface area contributed by atoms with Crippen LogP contribution >= 0.6 is 0 Å². The number of amides is 1. The highest BCUT2D eigenvalue weighted by atomic mass is 19.4. The van der Waals surface area contributed by atoms with E-state index in [1.807, 2.05) is 30.3 Å². The maximum atomic E-state index is 13.0. The van der Waals surface area contributed by atoms with Gasteiger partial charge in [-0.3, -0.25) is 9.69 Å². The maximum Gasteiger partial charge on any atom is 0.573 e. The molecule has 2 unspecified atom stereocenters. The van der Waals surface area contributed by atoms with Crippen molar-refractivity contribution < 1.29 is 37.0 Å². The molecule has 2 saturated heterocycles. The molecular weight excluding hydrogens is 427 g/mol. The molecule has 0 N–H and O–H groups in total. The van der Waals surface area contributed by atoms with E-state index in [-0.39, 0.29) is 36.1 Å².